The number of hydrogen-bond donors (Lipinski definition) is 9. The van der Waals surface area contributed by atoms with E-state index in [2.05, 4.69) is 16.0 Å². The van der Waals surface area contributed by atoms with Crippen LogP contribution < -0.4 is 27.4 Å². The molecule has 0 aliphatic heterocycles. The molecule has 5 atom stereocenters. The number of carbonyl (C=O) groups is 7. The van der Waals surface area contributed by atoms with Gasteiger partial charge in [0.15, 0.2) is 0 Å². The molecule has 0 heterocycles. The van der Waals surface area contributed by atoms with Gasteiger partial charge in [-0.15, -0.1) is 0 Å². The highest BCUT2D eigenvalue weighted by molar-refractivity contribution is 5.94. The summed E-state index contributed by atoms with van der Waals surface area (Å²) in [5.41, 5.74) is 10.6. The van der Waals surface area contributed by atoms with Crippen LogP contribution in [0.15, 0.2) is 0 Å². The summed E-state index contributed by atoms with van der Waals surface area (Å²) >= 11 is 0. The molecule has 0 saturated heterocycles. The van der Waals surface area contributed by atoms with Gasteiger partial charge >= 0.3 is 17.9 Å². The molecule has 16 nitrogen and oxygen atoms in total. The number of aliphatic hydroxyl groups excluding tert-OH is 1. The molecule has 198 valence electrons. The summed E-state index contributed by atoms with van der Waals surface area (Å²) in [5, 5.41) is 42.9. The highest BCUT2D eigenvalue weighted by Crippen LogP contribution is 2.05. The van der Waals surface area contributed by atoms with Crippen molar-refractivity contribution in [1.82, 2.24) is 16.0 Å². The Bertz CT molecular complexity index is 817. The molecule has 0 aliphatic rings. The second kappa shape index (κ2) is 15.2. The number of rotatable bonds is 17. The van der Waals surface area contributed by atoms with Gasteiger partial charge in [-0.05, 0) is 26.2 Å². The third-order valence-corrected chi connectivity index (χ3v) is 4.64. The minimum absolute atomic E-state index is 0.258. The number of carboxylic acids is 3. The fourth-order valence-electron chi connectivity index (χ4n) is 2.69. The summed E-state index contributed by atoms with van der Waals surface area (Å²) in [6, 6.07) is -6.13. The molecule has 0 aromatic rings. The van der Waals surface area contributed by atoms with Gasteiger partial charge in [0.1, 0.15) is 18.1 Å². The quantitative estimate of drug-likeness (QED) is 0.0920. The fraction of sp³-hybridized carbons (Fsp3) is 0.632. The number of nitrogens with two attached hydrogens (primary N) is 2. The molecule has 0 aliphatic carbocycles. The topological polar surface area (TPSA) is 289 Å². The van der Waals surface area contributed by atoms with E-state index in [0.717, 1.165) is 6.92 Å². The molecule has 5 unspecified atom stereocenters. The van der Waals surface area contributed by atoms with Crippen LogP contribution in [0.5, 0.6) is 0 Å². The first-order chi connectivity index (χ1) is 16.1. The van der Waals surface area contributed by atoms with E-state index in [1.165, 1.54) is 0 Å². The Balaban J connectivity index is 5.49. The van der Waals surface area contributed by atoms with Gasteiger partial charge < -0.3 is 47.8 Å². The van der Waals surface area contributed by atoms with Crippen LogP contribution in [0, 0.1) is 0 Å². The number of carbonyl (C=O) groups excluding carboxylic acids is 4. The molecule has 11 N–H and O–H groups in total. The number of amides is 4. The molecule has 35 heavy (non-hydrogen) atoms. The van der Waals surface area contributed by atoms with E-state index in [1.807, 2.05) is 0 Å². The van der Waals surface area contributed by atoms with Crippen molar-refractivity contribution in [2.45, 2.75) is 75.7 Å². The molecular weight excluding hydrogens is 474 g/mol. The van der Waals surface area contributed by atoms with Crippen LogP contribution in [0.3, 0.4) is 0 Å². The van der Waals surface area contributed by atoms with Gasteiger partial charge in [-0.3, -0.25) is 28.8 Å². The molecule has 0 aromatic heterocycles. The van der Waals surface area contributed by atoms with Crippen LogP contribution in [0.25, 0.3) is 0 Å². The average molecular weight is 505 g/mol. The highest BCUT2D eigenvalue weighted by atomic mass is 16.4. The largest absolute Gasteiger partial charge is 0.481 e. The minimum Gasteiger partial charge on any atom is -0.481 e. The maximum absolute atomic E-state index is 12.7. The van der Waals surface area contributed by atoms with Crippen molar-refractivity contribution >= 4 is 41.5 Å². The molecule has 0 rings (SSSR count). The van der Waals surface area contributed by atoms with Gasteiger partial charge in [0.25, 0.3) is 0 Å². The van der Waals surface area contributed by atoms with Gasteiger partial charge in [0.05, 0.1) is 12.1 Å². The molecule has 0 aromatic carbocycles. The van der Waals surface area contributed by atoms with Crippen LogP contribution in [-0.2, 0) is 33.6 Å². The zero-order chi connectivity index (χ0) is 27.3. The predicted molar refractivity (Wildman–Crippen MR) is 115 cm³/mol. The predicted octanol–water partition coefficient (Wildman–Crippen LogP) is -3.77. The molecule has 4 amide bonds. The van der Waals surface area contributed by atoms with E-state index in [-0.39, 0.29) is 12.8 Å². The molecule has 0 bridgehead atoms. The number of aliphatic hydroxyl groups is 1. The van der Waals surface area contributed by atoms with E-state index in [1.54, 1.807) is 0 Å². The number of primary amides is 1. The lowest BCUT2D eigenvalue weighted by Gasteiger charge is -2.26. The van der Waals surface area contributed by atoms with Gasteiger partial charge in [-0.2, -0.15) is 0 Å². The lowest BCUT2D eigenvalue weighted by Crippen LogP contribution is -2.59. The standard InChI is InChI=1S/C19H31N5O11/c1-8(25)15(24-16(31)9(20)2-6-13(27)28)18(33)22-10(3-5-12(21)26)17(32)23-11(19(34)35)4-7-14(29)30/h8-11,15,25H,2-7,20H2,1H3,(H2,21,26)(H,22,33)(H,23,32)(H,24,31)(H,27,28)(H,29,30)(H,34,35). The summed E-state index contributed by atoms with van der Waals surface area (Å²) in [7, 11) is 0. The second-order valence-corrected chi connectivity index (χ2v) is 7.66. The third kappa shape index (κ3) is 12.9. The Morgan fingerprint density at radius 3 is 1.66 bits per heavy atom. The minimum atomic E-state index is -1.65. The summed E-state index contributed by atoms with van der Waals surface area (Å²) in [6.45, 7) is 1.14. The molecule has 16 heteroatoms. The summed E-state index contributed by atoms with van der Waals surface area (Å²) in [4.78, 5) is 81.3. The third-order valence-electron chi connectivity index (χ3n) is 4.64. The molecule has 0 saturated carbocycles. The Morgan fingerprint density at radius 2 is 1.20 bits per heavy atom. The van der Waals surface area contributed by atoms with Crippen molar-refractivity contribution in [1.29, 1.82) is 0 Å². The van der Waals surface area contributed by atoms with E-state index in [0.29, 0.717) is 0 Å². The summed E-state index contributed by atoms with van der Waals surface area (Å²) in [5.74, 6) is -8.02. The lowest BCUT2D eigenvalue weighted by atomic mass is 10.1. The molecule has 0 fully saturated rings. The number of carboxylic acid groups (broad SMARTS) is 3. The SMILES string of the molecule is CC(O)C(NC(=O)C(N)CCC(=O)O)C(=O)NC(CCC(N)=O)C(=O)NC(CCC(=O)O)C(=O)O. The van der Waals surface area contributed by atoms with Crippen LogP contribution in [-0.4, -0.2) is 92.2 Å². The van der Waals surface area contributed by atoms with E-state index < -0.39 is 97.5 Å². The van der Waals surface area contributed by atoms with Crippen LogP contribution in [0.1, 0.15) is 45.4 Å². The average Bonchev–Trinajstić information content (AvgIpc) is 2.74. The Kier molecular flexibility index (Phi) is 13.5. The fourth-order valence-corrected chi connectivity index (χ4v) is 2.69. The zero-order valence-electron chi connectivity index (χ0n) is 18.9. The number of aliphatic carboxylic acids is 3. The van der Waals surface area contributed by atoms with Crippen LogP contribution in [0.2, 0.25) is 0 Å². The maximum atomic E-state index is 12.7. The molecule has 0 spiro atoms. The van der Waals surface area contributed by atoms with Gasteiger partial charge in [0, 0.05) is 19.3 Å². The smallest absolute Gasteiger partial charge is 0.326 e. The monoisotopic (exact) mass is 505 g/mol. The van der Waals surface area contributed by atoms with Crippen molar-refractivity contribution in [2.24, 2.45) is 11.5 Å². The Labute approximate surface area is 199 Å². The summed E-state index contributed by atoms with van der Waals surface area (Å²) < 4.78 is 0. The van der Waals surface area contributed by atoms with Crippen LogP contribution in [0.4, 0.5) is 0 Å². The van der Waals surface area contributed by atoms with Gasteiger partial charge in [0.2, 0.25) is 23.6 Å². The zero-order valence-corrected chi connectivity index (χ0v) is 18.9. The summed E-state index contributed by atoms with van der Waals surface area (Å²) in [6.07, 6.45) is -4.02. The number of nitrogens with one attached hydrogen (secondary N) is 3. The van der Waals surface area contributed by atoms with Crippen molar-refractivity contribution in [3.05, 3.63) is 0 Å². The first-order valence-electron chi connectivity index (χ1n) is 10.4. The Morgan fingerprint density at radius 1 is 0.714 bits per heavy atom. The van der Waals surface area contributed by atoms with Gasteiger partial charge in [-0.1, -0.05) is 0 Å². The molecule has 0 radical (unpaired) electrons. The van der Waals surface area contributed by atoms with Crippen molar-refractivity contribution in [3.8, 4) is 0 Å². The molecular formula is C19H31N5O11. The highest BCUT2D eigenvalue weighted by Gasteiger charge is 2.32. The van der Waals surface area contributed by atoms with Crippen molar-refractivity contribution in [3.63, 3.8) is 0 Å². The van der Waals surface area contributed by atoms with E-state index >= 15 is 0 Å². The first kappa shape index (κ1) is 31.2. The lowest BCUT2D eigenvalue weighted by molar-refractivity contribution is -0.144. The normalized spacial score (nSPS) is 14.9. The Hall–Kier alpha value is -3.79. The van der Waals surface area contributed by atoms with Crippen LogP contribution >= 0.6 is 0 Å². The van der Waals surface area contributed by atoms with Crippen molar-refractivity contribution in [2.75, 3.05) is 0 Å². The number of hydrogen-bond acceptors (Lipinski definition) is 9. The first-order valence-corrected chi connectivity index (χ1v) is 10.4. The maximum Gasteiger partial charge on any atom is 0.326 e. The van der Waals surface area contributed by atoms with Gasteiger partial charge in [-0.25, -0.2) is 4.79 Å². The van der Waals surface area contributed by atoms with Crippen molar-refractivity contribution < 1.29 is 54.0 Å². The second-order valence-electron chi connectivity index (χ2n) is 7.66. The van der Waals surface area contributed by atoms with E-state index in [9.17, 15) is 43.8 Å². The van der Waals surface area contributed by atoms with E-state index in [4.69, 9.17) is 21.7 Å².